The lowest BCUT2D eigenvalue weighted by Gasteiger charge is -2.38. The van der Waals surface area contributed by atoms with Gasteiger partial charge in [-0.1, -0.05) is 30.3 Å². The molecule has 2 atom stereocenters. The van der Waals surface area contributed by atoms with Gasteiger partial charge in [-0.2, -0.15) is 0 Å². The van der Waals surface area contributed by atoms with Crippen LogP contribution in [0.25, 0.3) is 0 Å². The van der Waals surface area contributed by atoms with Crippen molar-refractivity contribution in [3.05, 3.63) is 54.1 Å². The summed E-state index contributed by atoms with van der Waals surface area (Å²) in [6.07, 6.45) is 2.03. The number of aliphatic imine (C=N–C) groups is 1. The Morgan fingerprint density at radius 2 is 1.97 bits per heavy atom. The third-order valence-corrected chi connectivity index (χ3v) is 6.18. The van der Waals surface area contributed by atoms with Gasteiger partial charge in [-0.25, -0.2) is 0 Å². The SMILES string of the molecule is CN=C(NCC1CCN(c2ccccc2OC)C1)NC1CC(C)(C)Oc2ccccc21. The van der Waals surface area contributed by atoms with Crippen LogP contribution in [0.5, 0.6) is 11.5 Å². The second kappa shape index (κ2) is 9.08. The smallest absolute Gasteiger partial charge is 0.191 e. The van der Waals surface area contributed by atoms with Crippen LogP contribution in [0.3, 0.4) is 0 Å². The van der Waals surface area contributed by atoms with Gasteiger partial charge in [0.15, 0.2) is 5.96 Å². The number of nitrogens with zero attached hydrogens (tertiary/aromatic N) is 2. The minimum atomic E-state index is -0.217. The Morgan fingerprint density at radius 3 is 2.77 bits per heavy atom. The van der Waals surface area contributed by atoms with E-state index in [-0.39, 0.29) is 11.6 Å². The van der Waals surface area contributed by atoms with Gasteiger partial charge in [0.25, 0.3) is 0 Å². The summed E-state index contributed by atoms with van der Waals surface area (Å²) in [5, 5.41) is 7.19. The van der Waals surface area contributed by atoms with Crippen molar-refractivity contribution < 1.29 is 9.47 Å². The van der Waals surface area contributed by atoms with Gasteiger partial charge in [0.05, 0.1) is 18.8 Å². The van der Waals surface area contributed by atoms with Crippen molar-refractivity contribution in [2.75, 3.05) is 38.7 Å². The van der Waals surface area contributed by atoms with Gasteiger partial charge < -0.3 is 25.0 Å². The zero-order valence-electron chi connectivity index (χ0n) is 19.0. The molecule has 6 heteroatoms. The summed E-state index contributed by atoms with van der Waals surface area (Å²) in [4.78, 5) is 6.90. The molecule has 0 spiro atoms. The number of hydrogen-bond donors (Lipinski definition) is 2. The van der Waals surface area contributed by atoms with Gasteiger partial charge in [0.2, 0.25) is 0 Å². The first-order chi connectivity index (χ1) is 15.0. The molecule has 2 N–H and O–H groups in total. The first kappa shape index (κ1) is 21.3. The number of para-hydroxylation sites is 3. The molecule has 0 aromatic heterocycles. The summed E-state index contributed by atoms with van der Waals surface area (Å²) in [5.74, 6) is 3.29. The second-order valence-corrected chi connectivity index (χ2v) is 9.03. The van der Waals surface area contributed by atoms with Crippen LogP contribution in [0.15, 0.2) is 53.5 Å². The second-order valence-electron chi connectivity index (χ2n) is 9.03. The van der Waals surface area contributed by atoms with E-state index in [0.29, 0.717) is 5.92 Å². The zero-order chi connectivity index (χ0) is 21.8. The van der Waals surface area contributed by atoms with Crippen molar-refractivity contribution >= 4 is 11.6 Å². The van der Waals surface area contributed by atoms with Crippen molar-refractivity contribution in [2.45, 2.75) is 38.3 Å². The maximum Gasteiger partial charge on any atom is 0.191 e. The molecule has 0 radical (unpaired) electrons. The minimum absolute atomic E-state index is 0.166. The van der Waals surface area contributed by atoms with Gasteiger partial charge >= 0.3 is 0 Å². The molecule has 2 aromatic rings. The number of hydrogen-bond acceptors (Lipinski definition) is 4. The Hall–Kier alpha value is -2.89. The fraction of sp³-hybridized carbons (Fsp3) is 0.480. The molecule has 1 fully saturated rings. The number of benzene rings is 2. The van der Waals surface area contributed by atoms with E-state index in [2.05, 4.69) is 58.6 Å². The predicted molar refractivity (Wildman–Crippen MR) is 126 cm³/mol. The number of nitrogens with one attached hydrogen (secondary N) is 2. The normalized spacial score (nSPS) is 22.5. The van der Waals surface area contributed by atoms with Crippen LogP contribution in [-0.4, -0.2) is 45.4 Å². The number of guanidine groups is 1. The van der Waals surface area contributed by atoms with E-state index in [1.54, 1.807) is 7.11 Å². The van der Waals surface area contributed by atoms with Crippen LogP contribution in [0.4, 0.5) is 5.69 Å². The van der Waals surface area contributed by atoms with E-state index in [1.807, 2.05) is 31.3 Å². The highest BCUT2D eigenvalue weighted by molar-refractivity contribution is 5.80. The summed E-state index contributed by atoms with van der Waals surface area (Å²) >= 11 is 0. The molecule has 1 saturated heterocycles. The number of anilines is 1. The largest absolute Gasteiger partial charge is 0.495 e. The first-order valence-corrected chi connectivity index (χ1v) is 11.1. The fourth-order valence-corrected chi connectivity index (χ4v) is 4.64. The number of rotatable bonds is 5. The summed E-state index contributed by atoms with van der Waals surface area (Å²) < 4.78 is 11.7. The summed E-state index contributed by atoms with van der Waals surface area (Å²) in [5.41, 5.74) is 2.15. The molecule has 6 nitrogen and oxygen atoms in total. The van der Waals surface area contributed by atoms with Gasteiger partial charge in [-0.3, -0.25) is 4.99 Å². The van der Waals surface area contributed by atoms with Crippen LogP contribution in [0, 0.1) is 5.92 Å². The number of ether oxygens (including phenoxy) is 2. The fourth-order valence-electron chi connectivity index (χ4n) is 4.64. The highest BCUT2D eigenvalue weighted by Crippen LogP contribution is 2.39. The van der Waals surface area contributed by atoms with E-state index in [1.165, 1.54) is 11.3 Å². The summed E-state index contributed by atoms with van der Waals surface area (Å²) in [6, 6.07) is 16.7. The Balaban J connectivity index is 1.36. The van der Waals surface area contributed by atoms with Gasteiger partial charge in [0, 0.05) is 38.7 Å². The van der Waals surface area contributed by atoms with Crippen molar-refractivity contribution in [2.24, 2.45) is 10.9 Å². The Morgan fingerprint density at radius 1 is 1.19 bits per heavy atom. The van der Waals surface area contributed by atoms with E-state index in [9.17, 15) is 0 Å². The molecular formula is C25H34N4O2. The number of fused-ring (bicyclic) bond motifs is 1. The van der Waals surface area contributed by atoms with Crippen LogP contribution < -0.4 is 25.0 Å². The van der Waals surface area contributed by atoms with Crippen LogP contribution in [0.2, 0.25) is 0 Å². The highest BCUT2D eigenvalue weighted by Gasteiger charge is 2.34. The maximum absolute atomic E-state index is 6.16. The highest BCUT2D eigenvalue weighted by atomic mass is 16.5. The Bertz CT molecular complexity index is 927. The monoisotopic (exact) mass is 422 g/mol. The maximum atomic E-state index is 6.16. The van der Waals surface area contributed by atoms with E-state index < -0.39 is 0 Å². The van der Waals surface area contributed by atoms with Crippen LogP contribution in [0.1, 0.15) is 38.3 Å². The lowest BCUT2D eigenvalue weighted by Crippen LogP contribution is -2.46. The van der Waals surface area contributed by atoms with Crippen molar-refractivity contribution in [1.29, 1.82) is 0 Å². The van der Waals surface area contributed by atoms with Crippen molar-refractivity contribution in [1.82, 2.24) is 10.6 Å². The average molecular weight is 423 g/mol. The summed E-state index contributed by atoms with van der Waals surface area (Å²) in [7, 11) is 3.57. The Labute approximate surface area is 185 Å². The van der Waals surface area contributed by atoms with Gasteiger partial charge in [-0.05, 0) is 44.4 Å². The molecule has 0 bridgehead atoms. The van der Waals surface area contributed by atoms with E-state index in [0.717, 1.165) is 49.9 Å². The predicted octanol–water partition coefficient (Wildman–Crippen LogP) is 3.99. The molecule has 2 unspecified atom stereocenters. The van der Waals surface area contributed by atoms with Crippen LogP contribution >= 0.6 is 0 Å². The molecule has 4 rings (SSSR count). The van der Waals surface area contributed by atoms with Gasteiger partial charge in [-0.15, -0.1) is 0 Å². The topological polar surface area (TPSA) is 58.1 Å². The molecule has 31 heavy (non-hydrogen) atoms. The molecule has 2 aliphatic rings. The molecule has 2 aliphatic heterocycles. The molecule has 0 saturated carbocycles. The number of methoxy groups -OCH3 is 1. The van der Waals surface area contributed by atoms with Crippen LogP contribution in [-0.2, 0) is 0 Å². The molecule has 2 aromatic carbocycles. The van der Waals surface area contributed by atoms with E-state index >= 15 is 0 Å². The lowest BCUT2D eigenvalue weighted by molar-refractivity contribution is 0.0694. The standard InChI is InChI=1S/C25H34N4O2/c1-25(2)15-20(19-9-5-7-11-22(19)31-25)28-24(26-3)27-16-18-13-14-29(17-18)21-10-6-8-12-23(21)30-4/h5-12,18,20H,13-17H2,1-4H3,(H2,26,27,28). The zero-order valence-corrected chi connectivity index (χ0v) is 19.0. The molecule has 0 amide bonds. The molecule has 2 heterocycles. The minimum Gasteiger partial charge on any atom is -0.495 e. The third-order valence-electron chi connectivity index (χ3n) is 6.18. The summed E-state index contributed by atoms with van der Waals surface area (Å²) in [6.45, 7) is 7.22. The first-order valence-electron chi connectivity index (χ1n) is 11.1. The van der Waals surface area contributed by atoms with Crippen molar-refractivity contribution in [3.63, 3.8) is 0 Å². The lowest BCUT2D eigenvalue weighted by atomic mass is 9.90. The third kappa shape index (κ3) is 4.89. The molecule has 166 valence electrons. The van der Waals surface area contributed by atoms with Gasteiger partial charge in [0.1, 0.15) is 17.1 Å². The average Bonchev–Trinajstić information content (AvgIpc) is 3.24. The van der Waals surface area contributed by atoms with Crippen molar-refractivity contribution in [3.8, 4) is 11.5 Å². The quantitative estimate of drug-likeness (QED) is 0.564. The van der Waals surface area contributed by atoms with E-state index in [4.69, 9.17) is 9.47 Å². The molecule has 0 aliphatic carbocycles. The Kier molecular flexibility index (Phi) is 6.25. The molecular weight excluding hydrogens is 388 g/mol.